The Bertz CT molecular complexity index is 860. The van der Waals surface area contributed by atoms with Crippen molar-refractivity contribution in [3.63, 3.8) is 0 Å². The van der Waals surface area contributed by atoms with Crippen LogP contribution in [0.3, 0.4) is 0 Å². The molecular weight excluding hydrogens is 540 g/mol. The quantitative estimate of drug-likeness (QED) is 0.287. The van der Waals surface area contributed by atoms with Gasteiger partial charge in [0, 0.05) is 25.3 Å². The zero-order chi connectivity index (χ0) is 22.1. The van der Waals surface area contributed by atoms with E-state index in [9.17, 15) is 13.2 Å². The van der Waals surface area contributed by atoms with E-state index in [1.807, 2.05) is 24.3 Å². The van der Waals surface area contributed by atoms with Crippen LogP contribution >= 0.6 is 24.0 Å². The lowest BCUT2D eigenvalue weighted by atomic mass is 10.2. The third kappa shape index (κ3) is 9.49. The van der Waals surface area contributed by atoms with Crippen LogP contribution < -0.4 is 20.5 Å². The largest absolute Gasteiger partial charge is 0.573 e. The first kappa shape index (κ1) is 26.0. The predicted octanol–water partition coefficient (Wildman–Crippen LogP) is 3.84. The Morgan fingerprint density at radius 2 is 1.81 bits per heavy atom. The number of nitrogens with two attached hydrogens (primary N) is 1. The SMILES string of the molecule is I.NC(=NCc1cccc(OCCN2CCOCC2)c1)Nc1ccc(OC(F)(F)F)cc1. The Balaban J connectivity index is 0.00000363. The molecule has 3 N–H and O–H groups in total. The number of anilines is 1. The molecule has 0 atom stereocenters. The molecule has 2 aromatic carbocycles. The van der Waals surface area contributed by atoms with Gasteiger partial charge in [0.1, 0.15) is 18.1 Å². The highest BCUT2D eigenvalue weighted by Gasteiger charge is 2.30. The molecule has 32 heavy (non-hydrogen) atoms. The lowest BCUT2D eigenvalue weighted by Gasteiger charge is -2.26. The Morgan fingerprint density at radius 1 is 1.09 bits per heavy atom. The van der Waals surface area contributed by atoms with Gasteiger partial charge in [-0.3, -0.25) is 4.90 Å². The summed E-state index contributed by atoms with van der Waals surface area (Å²) >= 11 is 0. The number of ether oxygens (including phenoxy) is 3. The van der Waals surface area contributed by atoms with Crippen LogP contribution in [0.4, 0.5) is 18.9 Å². The summed E-state index contributed by atoms with van der Waals surface area (Å²) in [6.07, 6.45) is -4.73. The lowest BCUT2D eigenvalue weighted by Crippen LogP contribution is -2.38. The monoisotopic (exact) mass is 566 g/mol. The number of guanidine groups is 1. The van der Waals surface area contributed by atoms with Gasteiger partial charge in [-0.15, -0.1) is 37.1 Å². The standard InChI is InChI=1S/C21H25F3N4O3.HI/c22-21(23,24)31-18-6-4-17(5-7-18)27-20(25)26-15-16-2-1-3-19(14-16)30-13-10-28-8-11-29-12-9-28;/h1-7,14H,8-13,15H2,(H3,25,26,27);1H. The molecule has 0 unspecified atom stereocenters. The molecule has 1 aliphatic rings. The van der Waals surface area contributed by atoms with Crippen LogP contribution in [0, 0.1) is 0 Å². The summed E-state index contributed by atoms with van der Waals surface area (Å²) < 4.78 is 51.6. The summed E-state index contributed by atoms with van der Waals surface area (Å²) in [4.78, 5) is 6.56. The van der Waals surface area contributed by atoms with E-state index in [2.05, 4.69) is 19.9 Å². The highest BCUT2D eigenvalue weighted by Crippen LogP contribution is 2.24. The van der Waals surface area contributed by atoms with Crippen LogP contribution in [0.1, 0.15) is 5.56 Å². The predicted molar refractivity (Wildman–Crippen MR) is 127 cm³/mol. The fourth-order valence-corrected chi connectivity index (χ4v) is 2.95. The average molecular weight is 566 g/mol. The van der Waals surface area contributed by atoms with Crippen molar-refractivity contribution in [2.24, 2.45) is 10.7 Å². The van der Waals surface area contributed by atoms with E-state index in [1.54, 1.807) is 0 Å². The van der Waals surface area contributed by atoms with E-state index < -0.39 is 6.36 Å². The van der Waals surface area contributed by atoms with Crippen LogP contribution in [0.2, 0.25) is 0 Å². The normalized spacial score (nSPS) is 15.0. The highest BCUT2D eigenvalue weighted by molar-refractivity contribution is 14.0. The van der Waals surface area contributed by atoms with E-state index in [1.165, 1.54) is 24.3 Å². The molecule has 1 aliphatic heterocycles. The van der Waals surface area contributed by atoms with Gasteiger partial charge in [0.2, 0.25) is 0 Å². The summed E-state index contributed by atoms with van der Waals surface area (Å²) in [5, 5.41) is 2.83. The molecule has 0 aromatic heterocycles. The molecule has 0 amide bonds. The zero-order valence-electron chi connectivity index (χ0n) is 17.3. The maximum atomic E-state index is 12.2. The lowest BCUT2D eigenvalue weighted by molar-refractivity contribution is -0.274. The average Bonchev–Trinajstić information content (AvgIpc) is 2.74. The van der Waals surface area contributed by atoms with E-state index >= 15 is 0 Å². The maximum absolute atomic E-state index is 12.2. The van der Waals surface area contributed by atoms with E-state index in [-0.39, 0.29) is 35.7 Å². The molecule has 0 aliphatic carbocycles. The number of rotatable bonds is 8. The number of benzene rings is 2. The van der Waals surface area contributed by atoms with Crippen molar-refractivity contribution < 1.29 is 27.4 Å². The molecule has 2 aromatic rings. The van der Waals surface area contributed by atoms with Crippen molar-refractivity contribution in [2.45, 2.75) is 12.9 Å². The van der Waals surface area contributed by atoms with Crippen molar-refractivity contribution in [2.75, 3.05) is 44.8 Å². The van der Waals surface area contributed by atoms with E-state index in [0.717, 1.165) is 44.2 Å². The molecule has 3 rings (SSSR count). The Hall–Kier alpha value is -2.25. The van der Waals surface area contributed by atoms with Crippen molar-refractivity contribution in [3.05, 3.63) is 54.1 Å². The summed E-state index contributed by atoms with van der Waals surface area (Å²) in [5.41, 5.74) is 7.29. The van der Waals surface area contributed by atoms with Crippen LogP contribution in [0.25, 0.3) is 0 Å². The fourth-order valence-electron chi connectivity index (χ4n) is 2.95. The van der Waals surface area contributed by atoms with E-state index in [0.29, 0.717) is 18.8 Å². The molecule has 176 valence electrons. The van der Waals surface area contributed by atoms with Crippen molar-refractivity contribution in [3.8, 4) is 11.5 Å². The summed E-state index contributed by atoms with van der Waals surface area (Å²) in [5.74, 6) is 0.592. The molecular formula is C21H26F3IN4O3. The van der Waals surface area contributed by atoms with Gasteiger partial charge in [-0.25, -0.2) is 4.99 Å². The number of alkyl halides is 3. The van der Waals surface area contributed by atoms with Crippen LogP contribution in [0.5, 0.6) is 11.5 Å². The third-order valence-corrected chi connectivity index (χ3v) is 4.47. The first-order valence-corrected chi connectivity index (χ1v) is 9.82. The second-order valence-electron chi connectivity index (χ2n) is 6.85. The number of nitrogens with zero attached hydrogens (tertiary/aromatic N) is 2. The van der Waals surface area contributed by atoms with Crippen molar-refractivity contribution in [1.29, 1.82) is 0 Å². The summed E-state index contributed by atoms with van der Waals surface area (Å²) in [6, 6.07) is 12.8. The summed E-state index contributed by atoms with van der Waals surface area (Å²) in [7, 11) is 0. The molecule has 7 nitrogen and oxygen atoms in total. The maximum Gasteiger partial charge on any atom is 0.573 e. The molecule has 1 fully saturated rings. The molecule has 1 heterocycles. The van der Waals surface area contributed by atoms with Gasteiger partial charge >= 0.3 is 6.36 Å². The molecule has 0 bridgehead atoms. The number of nitrogens with one attached hydrogen (secondary N) is 1. The van der Waals surface area contributed by atoms with Gasteiger partial charge in [0.25, 0.3) is 0 Å². The minimum atomic E-state index is -4.73. The van der Waals surface area contributed by atoms with Crippen molar-refractivity contribution in [1.82, 2.24) is 4.90 Å². The number of hydrogen-bond donors (Lipinski definition) is 2. The molecule has 0 saturated carbocycles. The highest BCUT2D eigenvalue weighted by atomic mass is 127. The second-order valence-corrected chi connectivity index (χ2v) is 6.85. The van der Waals surface area contributed by atoms with Gasteiger partial charge < -0.3 is 25.3 Å². The number of halogens is 4. The number of hydrogen-bond acceptors (Lipinski definition) is 5. The third-order valence-electron chi connectivity index (χ3n) is 4.47. The fraction of sp³-hybridized carbons (Fsp3) is 0.381. The minimum Gasteiger partial charge on any atom is -0.492 e. The minimum absolute atomic E-state index is 0. The smallest absolute Gasteiger partial charge is 0.492 e. The Morgan fingerprint density at radius 3 is 2.50 bits per heavy atom. The number of morpholine rings is 1. The van der Waals surface area contributed by atoms with E-state index in [4.69, 9.17) is 15.2 Å². The molecule has 11 heteroatoms. The first-order chi connectivity index (χ1) is 14.9. The van der Waals surface area contributed by atoms with Gasteiger partial charge in [-0.2, -0.15) is 0 Å². The molecule has 0 spiro atoms. The Kier molecular flexibility index (Phi) is 10.3. The van der Waals surface area contributed by atoms with Gasteiger partial charge in [0.05, 0.1) is 19.8 Å². The second kappa shape index (κ2) is 12.7. The molecule has 0 radical (unpaired) electrons. The van der Waals surface area contributed by atoms with Crippen LogP contribution in [0.15, 0.2) is 53.5 Å². The summed E-state index contributed by atoms with van der Waals surface area (Å²) in [6.45, 7) is 5.11. The van der Waals surface area contributed by atoms with Crippen molar-refractivity contribution >= 4 is 35.6 Å². The topological polar surface area (TPSA) is 81.3 Å². The van der Waals surface area contributed by atoms with Gasteiger partial charge in [-0.1, -0.05) is 12.1 Å². The first-order valence-electron chi connectivity index (χ1n) is 9.82. The Labute approximate surface area is 201 Å². The van der Waals surface area contributed by atoms with Crippen LogP contribution in [-0.4, -0.2) is 56.7 Å². The molecule has 1 saturated heterocycles. The van der Waals surface area contributed by atoms with Gasteiger partial charge in [-0.05, 0) is 42.0 Å². The number of aliphatic imine (C=N–C) groups is 1. The zero-order valence-corrected chi connectivity index (χ0v) is 19.6. The van der Waals surface area contributed by atoms with Crippen LogP contribution in [-0.2, 0) is 11.3 Å². The van der Waals surface area contributed by atoms with Gasteiger partial charge in [0.15, 0.2) is 5.96 Å².